The summed E-state index contributed by atoms with van der Waals surface area (Å²) in [5.41, 5.74) is 1.56. The number of hydrogen-bond acceptors (Lipinski definition) is 6. The average molecular weight is 418 g/mol. The molecular weight excluding hydrogens is 390 g/mol. The first-order chi connectivity index (χ1) is 14.0. The van der Waals surface area contributed by atoms with Gasteiger partial charge in [0, 0.05) is 12.5 Å². The average Bonchev–Trinajstić information content (AvgIpc) is 2.71. The van der Waals surface area contributed by atoms with Gasteiger partial charge in [-0.3, -0.25) is 0 Å². The second kappa shape index (κ2) is 9.92. The molecule has 0 radical (unpaired) electrons. The fraction of sp³-hybridized carbons (Fsp3) is 0.500. The normalized spacial score (nSPS) is 18.9. The van der Waals surface area contributed by atoms with Crippen molar-refractivity contribution in [3.63, 3.8) is 0 Å². The molecule has 6 nitrogen and oxygen atoms in total. The van der Waals surface area contributed by atoms with Gasteiger partial charge in [0.05, 0.1) is 36.8 Å². The predicted molar refractivity (Wildman–Crippen MR) is 114 cm³/mol. The van der Waals surface area contributed by atoms with Gasteiger partial charge in [-0.1, -0.05) is 24.4 Å². The van der Waals surface area contributed by atoms with Gasteiger partial charge in [-0.05, 0) is 50.2 Å². The van der Waals surface area contributed by atoms with E-state index in [9.17, 15) is 4.79 Å². The van der Waals surface area contributed by atoms with E-state index in [0.717, 1.165) is 30.6 Å². The first-order valence-electron chi connectivity index (χ1n) is 10.00. The van der Waals surface area contributed by atoms with E-state index in [-0.39, 0.29) is 5.78 Å². The van der Waals surface area contributed by atoms with Crippen LogP contribution in [0.2, 0.25) is 5.02 Å². The van der Waals surface area contributed by atoms with Crippen LogP contribution in [0, 0.1) is 11.8 Å². The summed E-state index contributed by atoms with van der Waals surface area (Å²) in [6, 6.07) is 5.50. The van der Waals surface area contributed by atoms with Crippen LogP contribution in [0.1, 0.15) is 44.7 Å². The number of Topliss-reactive ketones (excluding diaryl/α,β-unsaturated/α-hetero) is 1. The zero-order chi connectivity index (χ0) is 20.8. The molecule has 0 unspecified atom stereocenters. The Morgan fingerprint density at radius 2 is 1.97 bits per heavy atom. The third-order valence-corrected chi connectivity index (χ3v) is 5.86. The van der Waals surface area contributed by atoms with Crippen LogP contribution in [-0.2, 0) is 11.2 Å². The van der Waals surface area contributed by atoms with Crippen LogP contribution >= 0.6 is 11.6 Å². The number of carbonyl (C=O) groups is 1. The molecule has 29 heavy (non-hydrogen) atoms. The van der Waals surface area contributed by atoms with E-state index < -0.39 is 0 Å². The standard InChI is InChI=1S/C22H28ClN3O3/c1-14(27)10-15-6-4-5-7-16(15)11-20-18(23)13-24-22(26-20)25-19-9-8-17(28-2)12-21(19)29-3/h8-9,12-13,15-16H,4-7,10-11H2,1-3H3,(H,24,25,26)/t15-,16-/m0/s1. The number of rotatable bonds is 8. The maximum absolute atomic E-state index is 11.7. The van der Waals surface area contributed by atoms with Crippen LogP contribution in [0.25, 0.3) is 0 Å². The molecule has 2 aromatic rings. The van der Waals surface area contributed by atoms with Crippen LogP contribution in [0.5, 0.6) is 11.5 Å². The van der Waals surface area contributed by atoms with Gasteiger partial charge in [0.15, 0.2) is 0 Å². The Morgan fingerprint density at radius 1 is 1.21 bits per heavy atom. The molecule has 1 heterocycles. The van der Waals surface area contributed by atoms with Crippen molar-refractivity contribution in [3.8, 4) is 11.5 Å². The van der Waals surface area contributed by atoms with Crippen molar-refractivity contribution >= 4 is 29.0 Å². The smallest absolute Gasteiger partial charge is 0.227 e. The Kier molecular flexibility index (Phi) is 7.31. The Bertz CT molecular complexity index is 859. The molecule has 7 heteroatoms. The Hall–Kier alpha value is -2.34. The summed E-state index contributed by atoms with van der Waals surface area (Å²) in [5, 5.41) is 3.77. The molecule has 1 aromatic heterocycles. The second-order valence-corrected chi connectivity index (χ2v) is 8.00. The Balaban J connectivity index is 1.78. The number of aromatic nitrogens is 2. The minimum absolute atomic E-state index is 0.254. The van der Waals surface area contributed by atoms with Crippen molar-refractivity contribution < 1.29 is 14.3 Å². The molecule has 2 atom stereocenters. The van der Waals surface area contributed by atoms with Crippen LogP contribution in [0.4, 0.5) is 11.6 Å². The van der Waals surface area contributed by atoms with E-state index in [0.29, 0.717) is 40.7 Å². The Labute approximate surface area is 177 Å². The molecule has 1 fully saturated rings. The minimum Gasteiger partial charge on any atom is -0.497 e. The lowest BCUT2D eigenvalue weighted by Gasteiger charge is -2.31. The van der Waals surface area contributed by atoms with E-state index in [1.807, 2.05) is 12.1 Å². The van der Waals surface area contributed by atoms with Gasteiger partial charge in [0.25, 0.3) is 0 Å². The van der Waals surface area contributed by atoms with Crippen molar-refractivity contribution in [3.05, 3.63) is 35.1 Å². The maximum atomic E-state index is 11.7. The number of anilines is 2. The number of nitrogens with zero attached hydrogens (tertiary/aromatic N) is 2. The molecule has 1 saturated carbocycles. The van der Waals surface area contributed by atoms with E-state index >= 15 is 0 Å². The van der Waals surface area contributed by atoms with Crippen LogP contribution in [0.3, 0.4) is 0 Å². The zero-order valence-electron chi connectivity index (χ0n) is 17.2. The van der Waals surface area contributed by atoms with Crippen molar-refractivity contribution in [1.82, 2.24) is 9.97 Å². The molecular formula is C22H28ClN3O3. The summed E-state index contributed by atoms with van der Waals surface area (Å²) in [7, 11) is 3.22. The fourth-order valence-electron chi connectivity index (χ4n) is 4.07. The summed E-state index contributed by atoms with van der Waals surface area (Å²) >= 11 is 6.41. The minimum atomic E-state index is 0.254. The summed E-state index contributed by atoms with van der Waals surface area (Å²) in [6.07, 6.45) is 7.61. The van der Waals surface area contributed by atoms with Gasteiger partial charge in [-0.25, -0.2) is 9.97 Å². The first kappa shape index (κ1) is 21.4. The number of methoxy groups -OCH3 is 2. The number of hydrogen-bond donors (Lipinski definition) is 1. The number of benzene rings is 1. The molecule has 0 spiro atoms. The lowest BCUT2D eigenvalue weighted by Crippen LogP contribution is -2.24. The van der Waals surface area contributed by atoms with Gasteiger partial charge in [-0.2, -0.15) is 0 Å². The lowest BCUT2D eigenvalue weighted by molar-refractivity contribution is -0.118. The Morgan fingerprint density at radius 3 is 2.66 bits per heavy atom. The summed E-state index contributed by atoms with van der Waals surface area (Å²) in [6.45, 7) is 1.67. The van der Waals surface area contributed by atoms with E-state index in [1.165, 1.54) is 12.8 Å². The molecule has 1 aliphatic rings. The van der Waals surface area contributed by atoms with Gasteiger partial charge < -0.3 is 19.6 Å². The number of nitrogens with one attached hydrogen (secondary N) is 1. The predicted octanol–water partition coefficient (Wildman–Crippen LogP) is 5.22. The molecule has 0 bridgehead atoms. The first-order valence-corrected chi connectivity index (χ1v) is 10.4. The highest BCUT2D eigenvalue weighted by Crippen LogP contribution is 2.36. The van der Waals surface area contributed by atoms with Crippen molar-refractivity contribution in [1.29, 1.82) is 0 Å². The van der Waals surface area contributed by atoms with E-state index in [2.05, 4.69) is 15.3 Å². The zero-order valence-corrected chi connectivity index (χ0v) is 18.0. The highest BCUT2D eigenvalue weighted by molar-refractivity contribution is 6.31. The highest BCUT2D eigenvalue weighted by Gasteiger charge is 2.27. The molecule has 3 rings (SSSR count). The largest absolute Gasteiger partial charge is 0.497 e. The third-order valence-electron chi connectivity index (χ3n) is 5.54. The van der Waals surface area contributed by atoms with Crippen LogP contribution < -0.4 is 14.8 Å². The van der Waals surface area contributed by atoms with Crippen molar-refractivity contribution in [2.45, 2.75) is 45.4 Å². The molecule has 0 amide bonds. The molecule has 156 valence electrons. The van der Waals surface area contributed by atoms with Crippen LogP contribution in [0.15, 0.2) is 24.4 Å². The van der Waals surface area contributed by atoms with Crippen LogP contribution in [-0.4, -0.2) is 30.0 Å². The topological polar surface area (TPSA) is 73.3 Å². The number of halogens is 1. The molecule has 0 aliphatic heterocycles. The van der Waals surface area contributed by atoms with Crippen molar-refractivity contribution in [2.24, 2.45) is 11.8 Å². The second-order valence-electron chi connectivity index (χ2n) is 7.59. The molecule has 1 N–H and O–H groups in total. The fourth-order valence-corrected chi connectivity index (χ4v) is 4.24. The lowest BCUT2D eigenvalue weighted by atomic mass is 9.75. The quantitative estimate of drug-likeness (QED) is 0.634. The summed E-state index contributed by atoms with van der Waals surface area (Å²) in [4.78, 5) is 20.6. The third kappa shape index (κ3) is 5.60. The molecule has 0 saturated heterocycles. The van der Waals surface area contributed by atoms with Gasteiger partial charge in [0.1, 0.15) is 17.3 Å². The van der Waals surface area contributed by atoms with E-state index in [1.54, 1.807) is 33.4 Å². The summed E-state index contributed by atoms with van der Waals surface area (Å²) < 4.78 is 10.7. The molecule has 1 aliphatic carbocycles. The number of ether oxygens (including phenoxy) is 2. The molecule has 1 aromatic carbocycles. The summed E-state index contributed by atoms with van der Waals surface area (Å²) in [5.74, 6) is 2.89. The maximum Gasteiger partial charge on any atom is 0.227 e. The highest BCUT2D eigenvalue weighted by atomic mass is 35.5. The van der Waals surface area contributed by atoms with Gasteiger partial charge >= 0.3 is 0 Å². The monoisotopic (exact) mass is 417 g/mol. The van der Waals surface area contributed by atoms with Crippen molar-refractivity contribution in [2.75, 3.05) is 19.5 Å². The number of carbonyl (C=O) groups excluding carboxylic acids is 1. The van der Waals surface area contributed by atoms with Gasteiger partial charge in [0.2, 0.25) is 5.95 Å². The SMILES string of the molecule is COc1ccc(Nc2ncc(Cl)c(C[C@@H]3CCCC[C@H]3CC(C)=O)n2)c(OC)c1. The number of ketones is 1. The van der Waals surface area contributed by atoms with E-state index in [4.69, 9.17) is 21.1 Å². The van der Waals surface area contributed by atoms with Gasteiger partial charge in [-0.15, -0.1) is 0 Å².